The third kappa shape index (κ3) is 3.09. The molecule has 0 aliphatic carbocycles. The van der Waals surface area contributed by atoms with Crippen molar-refractivity contribution in [3.05, 3.63) is 29.8 Å². The molecule has 4 nitrogen and oxygen atoms in total. The van der Waals surface area contributed by atoms with Crippen molar-refractivity contribution in [2.75, 3.05) is 24.7 Å². The van der Waals surface area contributed by atoms with Crippen molar-refractivity contribution in [3.63, 3.8) is 0 Å². The average Bonchev–Trinajstić information content (AvgIpc) is 2.48. The van der Waals surface area contributed by atoms with Gasteiger partial charge < -0.3 is 15.4 Å². The van der Waals surface area contributed by atoms with Gasteiger partial charge in [0.25, 0.3) is 0 Å². The average molecular weight is 306 g/mol. The normalized spacial score (nSPS) is 17.2. The van der Waals surface area contributed by atoms with Gasteiger partial charge in [-0.05, 0) is 44.4 Å². The van der Waals surface area contributed by atoms with E-state index < -0.39 is 5.41 Å². The number of hydrogen-bond acceptors (Lipinski definition) is 3. The number of carbonyl (C=O) groups excluding carboxylic acids is 1. The second-order valence-electron chi connectivity index (χ2n) is 5.45. The smallest absolute Gasteiger partial charge is 0.240 e. The molecule has 1 aliphatic heterocycles. The number of thiocarbonyl (C=S) groups is 1. The number of benzene rings is 1. The first-order valence-electron chi connectivity index (χ1n) is 7.27. The van der Waals surface area contributed by atoms with Crippen molar-refractivity contribution in [2.45, 2.75) is 26.7 Å². The fourth-order valence-corrected chi connectivity index (χ4v) is 3.07. The van der Waals surface area contributed by atoms with Crippen LogP contribution in [0.5, 0.6) is 0 Å². The summed E-state index contributed by atoms with van der Waals surface area (Å²) >= 11 is 5.22. The monoisotopic (exact) mass is 306 g/mol. The first-order chi connectivity index (χ1) is 10.0. The highest BCUT2D eigenvalue weighted by Gasteiger charge is 2.45. The maximum atomic E-state index is 13.1. The van der Waals surface area contributed by atoms with E-state index in [-0.39, 0.29) is 10.9 Å². The van der Waals surface area contributed by atoms with Gasteiger partial charge in [0, 0.05) is 25.4 Å². The van der Waals surface area contributed by atoms with Crippen molar-refractivity contribution in [3.8, 4) is 0 Å². The van der Waals surface area contributed by atoms with Gasteiger partial charge in [-0.25, -0.2) is 0 Å². The number of ether oxygens (including phenoxy) is 1. The Morgan fingerprint density at radius 2 is 2.10 bits per heavy atom. The largest absolute Gasteiger partial charge is 0.392 e. The van der Waals surface area contributed by atoms with Crippen LogP contribution in [-0.2, 0) is 9.53 Å². The minimum absolute atomic E-state index is 0.00796. The predicted molar refractivity (Wildman–Crippen MR) is 88.5 cm³/mol. The summed E-state index contributed by atoms with van der Waals surface area (Å²) in [5.74, 6) is -0.00796. The number of anilines is 1. The fourth-order valence-electron chi connectivity index (χ4n) is 2.78. The lowest BCUT2D eigenvalue weighted by Gasteiger charge is -2.38. The molecule has 1 aromatic carbocycles. The van der Waals surface area contributed by atoms with E-state index in [1.54, 1.807) is 4.90 Å². The summed E-state index contributed by atoms with van der Waals surface area (Å²) < 4.78 is 5.38. The topological polar surface area (TPSA) is 55.6 Å². The Hall–Kier alpha value is -1.46. The van der Waals surface area contributed by atoms with E-state index in [1.807, 2.05) is 38.1 Å². The summed E-state index contributed by atoms with van der Waals surface area (Å²) in [4.78, 5) is 15.2. The van der Waals surface area contributed by atoms with Crippen LogP contribution >= 0.6 is 12.2 Å². The van der Waals surface area contributed by atoms with E-state index in [2.05, 4.69) is 0 Å². The Bertz CT molecular complexity index is 539. The van der Waals surface area contributed by atoms with Crippen LogP contribution in [0.1, 0.15) is 25.3 Å². The van der Waals surface area contributed by atoms with Gasteiger partial charge in [0.2, 0.25) is 5.91 Å². The molecule has 0 saturated carbocycles. The van der Waals surface area contributed by atoms with Crippen molar-refractivity contribution in [1.82, 2.24) is 0 Å². The number of aryl methyl sites for hydroxylation is 1. The summed E-state index contributed by atoms with van der Waals surface area (Å²) in [6, 6.07) is 7.92. The third-order valence-corrected chi connectivity index (χ3v) is 4.49. The zero-order chi connectivity index (χ0) is 15.5. The first-order valence-corrected chi connectivity index (χ1v) is 7.68. The maximum Gasteiger partial charge on any atom is 0.240 e. The van der Waals surface area contributed by atoms with Crippen LogP contribution in [0.25, 0.3) is 0 Å². The summed E-state index contributed by atoms with van der Waals surface area (Å²) in [6.45, 7) is 5.61. The molecule has 0 aromatic heterocycles. The lowest BCUT2D eigenvalue weighted by molar-refractivity contribution is -0.128. The van der Waals surface area contributed by atoms with Gasteiger partial charge >= 0.3 is 0 Å². The summed E-state index contributed by atoms with van der Waals surface area (Å²) in [5.41, 5.74) is 7.18. The molecule has 5 heteroatoms. The van der Waals surface area contributed by atoms with Crippen LogP contribution < -0.4 is 10.6 Å². The molecule has 0 spiro atoms. The molecule has 2 N–H and O–H groups in total. The number of amides is 1. The Morgan fingerprint density at radius 3 is 2.62 bits per heavy atom. The lowest BCUT2D eigenvalue weighted by Crippen LogP contribution is -2.53. The van der Waals surface area contributed by atoms with Crippen LogP contribution in [0.2, 0.25) is 0 Å². The Kier molecular flexibility index (Phi) is 4.96. The van der Waals surface area contributed by atoms with E-state index >= 15 is 0 Å². The first kappa shape index (κ1) is 15.9. The molecule has 1 heterocycles. The van der Waals surface area contributed by atoms with E-state index in [0.29, 0.717) is 32.6 Å². The van der Waals surface area contributed by atoms with Crippen molar-refractivity contribution >= 4 is 28.8 Å². The summed E-state index contributed by atoms with van der Waals surface area (Å²) in [5, 5.41) is 0. The molecular weight excluding hydrogens is 284 g/mol. The molecular formula is C16H22N2O2S. The van der Waals surface area contributed by atoms with Crippen molar-refractivity contribution in [2.24, 2.45) is 11.1 Å². The molecule has 0 atom stereocenters. The van der Waals surface area contributed by atoms with Crippen molar-refractivity contribution < 1.29 is 9.53 Å². The van der Waals surface area contributed by atoms with Crippen molar-refractivity contribution in [1.29, 1.82) is 0 Å². The van der Waals surface area contributed by atoms with Gasteiger partial charge in [0.15, 0.2) is 0 Å². The minimum atomic E-state index is -0.770. The summed E-state index contributed by atoms with van der Waals surface area (Å²) in [6.07, 6.45) is 1.12. The highest BCUT2D eigenvalue weighted by Crippen LogP contribution is 2.35. The molecule has 21 heavy (non-hydrogen) atoms. The van der Waals surface area contributed by atoms with Gasteiger partial charge in [0.1, 0.15) is 5.41 Å². The quantitative estimate of drug-likeness (QED) is 0.868. The van der Waals surface area contributed by atoms with Gasteiger partial charge in [-0.15, -0.1) is 0 Å². The van der Waals surface area contributed by atoms with Gasteiger partial charge in [0.05, 0.1) is 4.99 Å². The highest BCUT2D eigenvalue weighted by atomic mass is 32.1. The molecule has 0 radical (unpaired) electrons. The zero-order valence-electron chi connectivity index (χ0n) is 12.6. The number of hydrogen-bond donors (Lipinski definition) is 1. The number of rotatable bonds is 4. The Balaban J connectivity index is 2.36. The van der Waals surface area contributed by atoms with E-state index in [1.165, 1.54) is 0 Å². The zero-order valence-corrected chi connectivity index (χ0v) is 13.4. The number of nitrogens with zero attached hydrogens (tertiary/aromatic N) is 1. The van der Waals surface area contributed by atoms with Crippen LogP contribution in [0.3, 0.4) is 0 Å². The third-order valence-electron chi connectivity index (χ3n) is 4.10. The number of nitrogens with two attached hydrogens (primary N) is 1. The molecule has 1 aromatic rings. The van der Waals surface area contributed by atoms with Gasteiger partial charge in [-0.3, -0.25) is 4.79 Å². The SMILES string of the molecule is CCN(C(=O)C1(C(N)=S)CCOCC1)c1cccc(C)c1. The molecule has 2 rings (SSSR count). The molecule has 1 amide bonds. The predicted octanol–water partition coefficient (Wildman–Crippen LogP) is 2.43. The second kappa shape index (κ2) is 6.54. The standard InChI is InChI=1S/C16H22N2O2S/c1-3-18(13-6-4-5-12(2)11-13)15(19)16(14(17)21)7-9-20-10-8-16/h4-6,11H,3,7-10H2,1-2H3,(H2,17,21). The molecule has 1 saturated heterocycles. The van der Waals surface area contributed by atoms with E-state index in [0.717, 1.165) is 11.3 Å². The molecule has 0 bridgehead atoms. The second-order valence-corrected chi connectivity index (χ2v) is 5.89. The van der Waals surface area contributed by atoms with Crippen LogP contribution in [0.4, 0.5) is 5.69 Å². The number of carbonyl (C=O) groups is 1. The molecule has 114 valence electrons. The van der Waals surface area contributed by atoms with Crippen LogP contribution in [0, 0.1) is 12.3 Å². The minimum Gasteiger partial charge on any atom is -0.392 e. The summed E-state index contributed by atoms with van der Waals surface area (Å²) in [7, 11) is 0. The molecule has 1 aliphatic rings. The maximum absolute atomic E-state index is 13.1. The lowest BCUT2D eigenvalue weighted by atomic mass is 9.78. The molecule has 0 unspecified atom stereocenters. The Morgan fingerprint density at radius 1 is 1.43 bits per heavy atom. The van der Waals surface area contributed by atoms with E-state index in [4.69, 9.17) is 22.7 Å². The Labute approximate surface area is 131 Å². The fraction of sp³-hybridized carbons (Fsp3) is 0.500. The van der Waals surface area contributed by atoms with Gasteiger partial charge in [-0.1, -0.05) is 24.4 Å². The molecule has 1 fully saturated rings. The van der Waals surface area contributed by atoms with Crippen LogP contribution in [0.15, 0.2) is 24.3 Å². The highest BCUT2D eigenvalue weighted by molar-refractivity contribution is 7.80. The van der Waals surface area contributed by atoms with Gasteiger partial charge in [-0.2, -0.15) is 0 Å². The van der Waals surface area contributed by atoms with E-state index in [9.17, 15) is 4.79 Å². The van der Waals surface area contributed by atoms with Crippen LogP contribution in [-0.4, -0.2) is 30.7 Å².